The summed E-state index contributed by atoms with van der Waals surface area (Å²) >= 11 is 0. The zero-order valence-corrected chi connectivity index (χ0v) is 13.0. The molecule has 0 unspecified atom stereocenters. The summed E-state index contributed by atoms with van der Waals surface area (Å²) in [6.07, 6.45) is 2.82. The molecule has 0 atom stereocenters. The molecule has 3 nitrogen and oxygen atoms in total. The zero-order chi connectivity index (χ0) is 14.0. The van der Waals surface area contributed by atoms with Crippen molar-refractivity contribution in [3.8, 4) is 0 Å². The molecule has 0 saturated heterocycles. The summed E-state index contributed by atoms with van der Waals surface area (Å²) < 4.78 is 5.84. The molecule has 1 aromatic rings. The molecule has 0 aliphatic heterocycles. The Hall–Kier alpha value is -0.800. The Morgan fingerprint density at radius 2 is 2.05 bits per heavy atom. The van der Waals surface area contributed by atoms with Crippen LogP contribution in [0.5, 0.6) is 0 Å². The van der Waals surface area contributed by atoms with E-state index in [2.05, 4.69) is 51.0 Å². The maximum atomic E-state index is 5.84. The van der Waals surface area contributed by atoms with Crippen molar-refractivity contribution in [3.05, 3.63) is 23.2 Å². The second-order valence-corrected chi connectivity index (χ2v) is 7.04. The van der Waals surface area contributed by atoms with Gasteiger partial charge in [-0.1, -0.05) is 0 Å². The van der Waals surface area contributed by atoms with Crippen molar-refractivity contribution in [2.24, 2.45) is 5.92 Å². The summed E-state index contributed by atoms with van der Waals surface area (Å²) in [6, 6.07) is 2.21. The monoisotopic (exact) mass is 264 g/mol. The maximum Gasteiger partial charge on any atom is 0.118 e. The topological polar surface area (TPSA) is 28.4 Å². The van der Waals surface area contributed by atoms with Crippen LogP contribution in [0.15, 0.2) is 10.5 Å². The molecule has 19 heavy (non-hydrogen) atoms. The summed E-state index contributed by atoms with van der Waals surface area (Å²) in [5, 5.41) is 3.47. The SMILES string of the molecule is Cc1oc(CNC(C)(C)C)cc1CN(C)CC1CC1. The van der Waals surface area contributed by atoms with Crippen molar-refractivity contribution in [2.75, 3.05) is 13.6 Å². The standard InChI is InChI=1S/C16H28N2O/c1-12-14(11-18(5)10-13-6-7-13)8-15(19-12)9-17-16(2,3)4/h8,13,17H,6-7,9-11H2,1-5H3. The second kappa shape index (κ2) is 5.68. The van der Waals surface area contributed by atoms with Crippen LogP contribution < -0.4 is 5.32 Å². The summed E-state index contributed by atoms with van der Waals surface area (Å²) in [5.41, 5.74) is 1.46. The van der Waals surface area contributed by atoms with Gasteiger partial charge in [-0.05, 0) is 59.6 Å². The van der Waals surface area contributed by atoms with Gasteiger partial charge in [0.25, 0.3) is 0 Å². The highest BCUT2D eigenvalue weighted by molar-refractivity contribution is 5.20. The van der Waals surface area contributed by atoms with Gasteiger partial charge in [0.2, 0.25) is 0 Å². The lowest BCUT2D eigenvalue weighted by atomic mass is 10.1. The highest BCUT2D eigenvalue weighted by Gasteiger charge is 2.23. The highest BCUT2D eigenvalue weighted by Crippen LogP contribution is 2.30. The van der Waals surface area contributed by atoms with E-state index in [1.54, 1.807) is 0 Å². The molecule has 1 saturated carbocycles. The lowest BCUT2D eigenvalue weighted by Crippen LogP contribution is -2.34. The Kier molecular flexibility index (Phi) is 4.36. The van der Waals surface area contributed by atoms with Crippen molar-refractivity contribution < 1.29 is 4.42 Å². The zero-order valence-electron chi connectivity index (χ0n) is 13.0. The maximum absolute atomic E-state index is 5.84. The molecule has 1 aliphatic rings. The number of aryl methyl sites for hydroxylation is 1. The fourth-order valence-electron chi connectivity index (χ4n) is 2.28. The summed E-state index contributed by atoms with van der Waals surface area (Å²) in [6.45, 7) is 11.6. The van der Waals surface area contributed by atoms with E-state index in [4.69, 9.17) is 4.42 Å². The van der Waals surface area contributed by atoms with Gasteiger partial charge in [0.05, 0.1) is 6.54 Å². The number of nitrogens with zero attached hydrogens (tertiary/aromatic N) is 1. The predicted octanol–water partition coefficient (Wildman–Crippen LogP) is 3.32. The number of rotatable bonds is 6. The minimum atomic E-state index is 0.129. The lowest BCUT2D eigenvalue weighted by molar-refractivity contribution is 0.310. The molecule has 2 rings (SSSR count). The first-order chi connectivity index (χ1) is 8.83. The van der Waals surface area contributed by atoms with Gasteiger partial charge in [-0.3, -0.25) is 0 Å². The average molecular weight is 264 g/mol. The number of hydrogen-bond donors (Lipinski definition) is 1. The lowest BCUT2D eigenvalue weighted by Gasteiger charge is -2.19. The molecule has 1 aromatic heterocycles. The van der Waals surface area contributed by atoms with Gasteiger partial charge < -0.3 is 14.6 Å². The van der Waals surface area contributed by atoms with Gasteiger partial charge >= 0.3 is 0 Å². The van der Waals surface area contributed by atoms with Crippen LogP contribution in [0.25, 0.3) is 0 Å². The minimum absolute atomic E-state index is 0.129. The molecule has 3 heteroatoms. The third kappa shape index (κ3) is 5.00. The van der Waals surface area contributed by atoms with Crippen molar-refractivity contribution >= 4 is 0 Å². The van der Waals surface area contributed by atoms with E-state index in [1.165, 1.54) is 24.9 Å². The molecule has 0 aromatic carbocycles. The first-order valence-electron chi connectivity index (χ1n) is 7.35. The number of hydrogen-bond acceptors (Lipinski definition) is 3. The van der Waals surface area contributed by atoms with Gasteiger partial charge in [0, 0.05) is 24.2 Å². The molecule has 108 valence electrons. The van der Waals surface area contributed by atoms with Gasteiger partial charge in [0.15, 0.2) is 0 Å². The second-order valence-electron chi connectivity index (χ2n) is 7.04. The summed E-state index contributed by atoms with van der Waals surface area (Å²) in [5.74, 6) is 3.05. The first kappa shape index (κ1) is 14.6. The summed E-state index contributed by atoms with van der Waals surface area (Å²) in [4.78, 5) is 2.41. The van der Waals surface area contributed by atoms with Crippen LogP contribution in [0.3, 0.4) is 0 Å². The predicted molar refractivity (Wildman–Crippen MR) is 79.1 cm³/mol. The Bertz CT molecular complexity index is 413. The van der Waals surface area contributed by atoms with Gasteiger partial charge in [-0.15, -0.1) is 0 Å². The number of nitrogens with one attached hydrogen (secondary N) is 1. The molecule has 1 N–H and O–H groups in total. The Balaban J connectivity index is 1.88. The van der Waals surface area contributed by atoms with E-state index in [-0.39, 0.29) is 5.54 Å². The molecule has 1 heterocycles. The molecular formula is C16H28N2O. The van der Waals surface area contributed by atoms with Crippen molar-refractivity contribution in [1.82, 2.24) is 10.2 Å². The Morgan fingerprint density at radius 3 is 2.63 bits per heavy atom. The van der Waals surface area contributed by atoms with Crippen molar-refractivity contribution in [3.63, 3.8) is 0 Å². The van der Waals surface area contributed by atoms with Crippen LogP contribution in [-0.2, 0) is 13.1 Å². The molecule has 0 amide bonds. The fraction of sp³-hybridized carbons (Fsp3) is 0.750. The molecule has 0 radical (unpaired) electrons. The van der Waals surface area contributed by atoms with Crippen LogP contribution in [0.4, 0.5) is 0 Å². The van der Waals surface area contributed by atoms with Gasteiger partial charge in [-0.2, -0.15) is 0 Å². The van der Waals surface area contributed by atoms with Crippen LogP contribution in [0, 0.1) is 12.8 Å². The molecule has 1 aliphatic carbocycles. The average Bonchev–Trinajstić information content (AvgIpc) is 3.00. The molecule has 1 fully saturated rings. The van der Waals surface area contributed by atoms with E-state index in [0.717, 1.165) is 30.5 Å². The van der Waals surface area contributed by atoms with Gasteiger partial charge in [-0.25, -0.2) is 0 Å². The smallest absolute Gasteiger partial charge is 0.118 e. The quantitative estimate of drug-likeness (QED) is 0.854. The third-order valence-electron chi connectivity index (χ3n) is 3.57. The largest absolute Gasteiger partial charge is 0.465 e. The van der Waals surface area contributed by atoms with Crippen LogP contribution >= 0.6 is 0 Å². The van der Waals surface area contributed by atoms with E-state index in [1.807, 2.05) is 0 Å². The highest BCUT2D eigenvalue weighted by atomic mass is 16.3. The van der Waals surface area contributed by atoms with E-state index in [9.17, 15) is 0 Å². The molecule has 0 bridgehead atoms. The summed E-state index contributed by atoms with van der Waals surface area (Å²) in [7, 11) is 2.21. The normalized spacial score (nSPS) is 16.3. The molecule has 0 spiro atoms. The number of furan rings is 1. The van der Waals surface area contributed by atoms with E-state index >= 15 is 0 Å². The van der Waals surface area contributed by atoms with E-state index in [0.29, 0.717) is 0 Å². The van der Waals surface area contributed by atoms with E-state index < -0.39 is 0 Å². The van der Waals surface area contributed by atoms with Crippen molar-refractivity contribution in [1.29, 1.82) is 0 Å². The van der Waals surface area contributed by atoms with Crippen LogP contribution in [0.2, 0.25) is 0 Å². The molecular weight excluding hydrogens is 236 g/mol. The Morgan fingerprint density at radius 1 is 1.37 bits per heavy atom. The van der Waals surface area contributed by atoms with Crippen LogP contribution in [-0.4, -0.2) is 24.0 Å². The van der Waals surface area contributed by atoms with Crippen molar-refractivity contribution in [2.45, 2.75) is 59.2 Å². The van der Waals surface area contributed by atoms with Gasteiger partial charge in [0.1, 0.15) is 11.5 Å². The minimum Gasteiger partial charge on any atom is -0.465 e. The third-order valence-corrected chi connectivity index (χ3v) is 3.57. The Labute approximate surface area is 117 Å². The van der Waals surface area contributed by atoms with Crippen LogP contribution in [0.1, 0.15) is 50.7 Å². The fourth-order valence-corrected chi connectivity index (χ4v) is 2.28. The first-order valence-corrected chi connectivity index (χ1v) is 7.35.